The van der Waals surface area contributed by atoms with Crippen molar-refractivity contribution in [1.82, 2.24) is 10.2 Å². The molecule has 2 amide bonds. The zero-order valence-electron chi connectivity index (χ0n) is 11.7. The van der Waals surface area contributed by atoms with Crippen LogP contribution in [-0.2, 0) is 9.59 Å². The Bertz CT molecular complexity index is 346. The maximum atomic E-state index is 12.2. The van der Waals surface area contributed by atoms with Crippen LogP contribution in [-0.4, -0.2) is 42.4 Å². The molecule has 0 aromatic heterocycles. The summed E-state index contributed by atoms with van der Waals surface area (Å²) in [5.74, 6) is 1.27. The van der Waals surface area contributed by atoms with Crippen LogP contribution in [0.25, 0.3) is 0 Å². The van der Waals surface area contributed by atoms with Crippen LogP contribution in [0, 0.1) is 11.8 Å². The third-order valence-electron chi connectivity index (χ3n) is 4.43. The number of likely N-dealkylation sites (tertiary alicyclic amines) is 1. The predicted molar refractivity (Wildman–Crippen MR) is 73.3 cm³/mol. The normalized spacial score (nSPS) is 28.5. The summed E-state index contributed by atoms with van der Waals surface area (Å²) < 4.78 is 0. The van der Waals surface area contributed by atoms with E-state index in [2.05, 4.69) is 12.2 Å². The Morgan fingerprint density at radius 3 is 3.05 bits per heavy atom. The first-order valence-electron chi connectivity index (χ1n) is 7.37. The average Bonchev–Trinajstić information content (AvgIpc) is 2.43. The van der Waals surface area contributed by atoms with Gasteiger partial charge in [0.2, 0.25) is 11.8 Å². The molecule has 3 unspecified atom stereocenters. The minimum atomic E-state index is 0.165. The first-order valence-corrected chi connectivity index (χ1v) is 7.37. The van der Waals surface area contributed by atoms with E-state index < -0.39 is 0 Å². The van der Waals surface area contributed by atoms with E-state index in [4.69, 9.17) is 5.73 Å². The SMILES string of the molecule is CC(CN)CCC(=O)N1CCC2NC(=O)CCC2C1. The maximum Gasteiger partial charge on any atom is 0.222 e. The minimum Gasteiger partial charge on any atom is -0.353 e. The van der Waals surface area contributed by atoms with Gasteiger partial charge < -0.3 is 16.0 Å². The molecule has 0 saturated carbocycles. The highest BCUT2D eigenvalue weighted by molar-refractivity contribution is 5.78. The molecule has 5 nitrogen and oxygen atoms in total. The van der Waals surface area contributed by atoms with Gasteiger partial charge in [-0.2, -0.15) is 0 Å². The Morgan fingerprint density at radius 2 is 2.32 bits per heavy atom. The number of hydrogen-bond acceptors (Lipinski definition) is 3. The molecule has 0 spiro atoms. The molecule has 2 saturated heterocycles. The lowest BCUT2D eigenvalue weighted by Gasteiger charge is -2.41. The largest absolute Gasteiger partial charge is 0.353 e. The topological polar surface area (TPSA) is 75.4 Å². The molecule has 19 heavy (non-hydrogen) atoms. The van der Waals surface area contributed by atoms with Crippen LogP contribution >= 0.6 is 0 Å². The van der Waals surface area contributed by atoms with E-state index in [1.807, 2.05) is 4.90 Å². The minimum absolute atomic E-state index is 0.165. The van der Waals surface area contributed by atoms with Gasteiger partial charge in [-0.05, 0) is 37.6 Å². The van der Waals surface area contributed by atoms with Gasteiger partial charge in [-0.3, -0.25) is 9.59 Å². The van der Waals surface area contributed by atoms with Gasteiger partial charge in [-0.25, -0.2) is 0 Å². The Morgan fingerprint density at radius 1 is 1.53 bits per heavy atom. The molecule has 0 aromatic rings. The summed E-state index contributed by atoms with van der Waals surface area (Å²) in [6.45, 7) is 4.30. The van der Waals surface area contributed by atoms with Gasteiger partial charge >= 0.3 is 0 Å². The fourth-order valence-corrected chi connectivity index (χ4v) is 2.98. The van der Waals surface area contributed by atoms with Crippen molar-refractivity contribution < 1.29 is 9.59 Å². The van der Waals surface area contributed by atoms with Crippen LogP contribution in [0.2, 0.25) is 0 Å². The molecule has 3 N–H and O–H groups in total. The molecule has 0 bridgehead atoms. The van der Waals surface area contributed by atoms with Crippen LogP contribution in [0.3, 0.4) is 0 Å². The fraction of sp³-hybridized carbons (Fsp3) is 0.857. The smallest absolute Gasteiger partial charge is 0.222 e. The number of nitrogens with two attached hydrogens (primary N) is 1. The van der Waals surface area contributed by atoms with Gasteiger partial charge in [0.15, 0.2) is 0 Å². The number of carbonyl (C=O) groups is 2. The molecular formula is C14H25N3O2. The highest BCUT2D eigenvalue weighted by atomic mass is 16.2. The van der Waals surface area contributed by atoms with E-state index in [-0.39, 0.29) is 17.9 Å². The van der Waals surface area contributed by atoms with Crippen molar-refractivity contribution in [3.8, 4) is 0 Å². The second-order valence-electron chi connectivity index (χ2n) is 5.98. The monoisotopic (exact) mass is 267 g/mol. The van der Waals surface area contributed by atoms with E-state index in [9.17, 15) is 9.59 Å². The van der Waals surface area contributed by atoms with Crippen molar-refractivity contribution >= 4 is 11.8 Å². The molecule has 3 atom stereocenters. The Kier molecular flexibility index (Phi) is 4.80. The third kappa shape index (κ3) is 3.69. The third-order valence-corrected chi connectivity index (χ3v) is 4.43. The predicted octanol–water partition coefficient (Wildman–Crippen LogP) is 0.489. The summed E-state index contributed by atoms with van der Waals surface area (Å²) in [4.78, 5) is 25.5. The quantitative estimate of drug-likeness (QED) is 0.778. The Balaban J connectivity index is 1.80. The van der Waals surface area contributed by atoms with Crippen LogP contribution in [0.15, 0.2) is 0 Å². The van der Waals surface area contributed by atoms with Gasteiger partial charge in [-0.1, -0.05) is 6.92 Å². The van der Waals surface area contributed by atoms with Crippen LogP contribution in [0.1, 0.15) is 39.0 Å². The lowest BCUT2D eigenvalue weighted by atomic mass is 9.85. The van der Waals surface area contributed by atoms with Crippen LogP contribution in [0.4, 0.5) is 0 Å². The molecular weight excluding hydrogens is 242 g/mol. The van der Waals surface area contributed by atoms with Gasteiger partial charge in [0.05, 0.1) is 0 Å². The second kappa shape index (κ2) is 6.37. The molecule has 2 aliphatic rings. The number of fused-ring (bicyclic) bond motifs is 1. The van der Waals surface area contributed by atoms with Crippen LogP contribution in [0.5, 0.6) is 0 Å². The summed E-state index contributed by atoms with van der Waals surface area (Å²) in [5, 5.41) is 3.04. The van der Waals surface area contributed by atoms with Crippen molar-refractivity contribution in [2.24, 2.45) is 17.6 Å². The molecule has 0 radical (unpaired) electrons. The van der Waals surface area contributed by atoms with Crippen molar-refractivity contribution in [2.45, 2.75) is 45.1 Å². The summed E-state index contributed by atoms with van der Waals surface area (Å²) in [6, 6.07) is 0.285. The second-order valence-corrected chi connectivity index (χ2v) is 5.98. The highest BCUT2D eigenvalue weighted by Gasteiger charge is 2.34. The molecule has 0 aromatic carbocycles. The standard InChI is InChI=1S/C14H25N3O2/c1-10(8-15)2-5-14(19)17-7-6-12-11(9-17)3-4-13(18)16-12/h10-12H,2-9,15H2,1H3,(H,16,18). The van der Waals surface area contributed by atoms with Gasteiger partial charge in [0.1, 0.15) is 0 Å². The molecule has 0 aliphatic carbocycles. The number of piperidine rings is 2. The molecule has 5 heteroatoms. The lowest BCUT2D eigenvalue weighted by Crippen LogP contribution is -2.55. The number of carbonyl (C=O) groups excluding carboxylic acids is 2. The first kappa shape index (κ1) is 14.3. The summed E-state index contributed by atoms with van der Waals surface area (Å²) >= 11 is 0. The summed E-state index contributed by atoms with van der Waals surface area (Å²) in [5.41, 5.74) is 5.57. The van der Waals surface area contributed by atoms with E-state index in [1.165, 1.54) is 0 Å². The first-order chi connectivity index (χ1) is 9.10. The van der Waals surface area contributed by atoms with Gasteiger partial charge in [0, 0.05) is 32.0 Å². The zero-order chi connectivity index (χ0) is 13.8. The van der Waals surface area contributed by atoms with E-state index in [1.54, 1.807) is 0 Å². The average molecular weight is 267 g/mol. The Hall–Kier alpha value is -1.10. The number of amides is 2. The van der Waals surface area contributed by atoms with Crippen molar-refractivity contribution in [1.29, 1.82) is 0 Å². The van der Waals surface area contributed by atoms with Crippen molar-refractivity contribution in [3.63, 3.8) is 0 Å². The van der Waals surface area contributed by atoms with Gasteiger partial charge in [-0.15, -0.1) is 0 Å². The zero-order valence-corrected chi connectivity index (χ0v) is 11.7. The Labute approximate surface area is 114 Å². The van der Waals surface area contributed by atoms with Crippen molar-refractivity contribution in [2.75, 3.05) is 19.6 Å². The van der Waals surface area contributed by atoms with E-state index in [0.29, 0.717) is 31.2 Å². The molecule has 2 aliphatic heterocycles. The van der Waals surface area contributed by atoms with E-state index in [0.717, 1.165) is 32.4 Å². The van der Waals surface area contributed by atoms with Crippen LogP contribution < -0.4 is 11.1 Å². The van der Waals surface area contributed by atoms with Gasteiger partial charge in [0.25, 0.3) is 0 Å². The number of nitrogens with zero attached hydrogens (tertiary/aromatic N) is 1. The number of rotatable bonds is 4. The van der Waals surface area contributed by atoms with E-state index >= 15 is 0 Å². The molecule has 2 fully saturated rings. The number of hydrogen-bond donors (Lipinski definition) is 2. The lowest BCUT2D eigenvalue weighted by molar-refractivity contribution is -0.135. The molecule has 2 rings (SSSR count). The fourth-order valence-electron chi connectivity index (χ4n) is 2.98. The number of nitrogens with one attached hydrogen (secondary N) is 1. The van der Waals surface area contributed by atoms with Crippen molar-refractivity contribution in [3.05, 3.63) is 0 Å². The maximum absolute atomic E-state index is 12.2. The highest BCUT2D eigenvalue weighted by Crippen LogP contribution is 2.25. The molecule has 108 valence electrons. The summed E-state index contributed by atoms with van der Waals surface area (Å²) in [7, 11) is 0. The molecule has 2 heterocycles. The summed E-state index contributed by atoms with van der Waals surface area (Å²) in [6.07, 6.45) is 3.89.